The summed E-state index contributed by atoms with van der Waals surface area (Å²) in [7, 11) is -2.44. The molecule has 31 heavy (non-hydrogen) atoms. The lowest BCUT2D eigenvalue weighted by molar-refractivity contribution is -0.189. The van der Waals surface area contributed by atoms with E-state index < -0.39 is 31.3 Å². The minimum atomic E-state index is -2.44. The molecule has 0 unspecified atom stereocenters. The molecule has 0 saturated heterocycles. The van der Waals surface area contributed by atoms with E-state index in [9.17, 15) is 9.59 Å². The van der Waals surface area contributed by atoms with Gasteiger partial charge >= 0.3 is 11.9 Å². The zero-order valence-electron chi connectivity index (χ0n) is 20.1. The van der Waals surface area contributed by atoms with Gasteiger partial charge in [0.1, 0.15) is 5.60 Å². The zero-order valence-corrected chi connectivity index (χ0v) is 21.1. The SMILES string of the molecule is C=C[C@@H]1CC(C(=O)OCC)(C(=O)OCC)[C@](O[Si](C)(C)C(C)(C)C)(c2ccccc2)C1. The summed E-state index contributed by atoms with van der Waals surface area (Å²) in [6.07, 6.45) is 2.52. The van der Waals surface area contributed by atoms with Crippen molar-refractivity contribution in [2.45, 2.75) is 71.2 Å². The van der Waals surface area contributed by atoms with Crippen LogP contribution in [0.15, 0.2) is 43.0 Å². The fourth-order valence-electron chi connectivity index (χ4n) is 4.28. The van der Waals surface area contributed by atoms with Gasteiger partial charge in [0, 0.05) is 0 Å². The Morgan fingerprint density at radius 2 is 1.58 bits per heavy atom. The summed E-state index contributed by atoms with van der Waals surface area (Å²) in [5.74, 6) is -1.26. The smallest absolute Gasteiger partial charge is 0.326 e. The molecule has 1 aliphatic rings. The van der Waals surface area contributed by atoms with Gasteiger partial charge in [-0.1, -0.05) is 57.2 Å². The van der Waals surface area contributed by atoms with Crippen LogP contribution in [0, 0.1) is 11.3 Å². The zero-order chi connectivity index (χ0) is 23.5. The summed E-state index contributed by atoms with van der Waals surface area (Å²) in [6, 6.07) is 9.61. The summed E-state index contributed by atoms with van der Waals surface area (Å²) >= 11 is 0. The van der Waals surface area contributed by atoms with Crippen LogP contribution < -0.4 is 0 Å². The molecular weight excluding hydrogens is 408 g/mol. The molecule has 1 aliphatic carbocycles. The van der Waals surface area contributed by atoms with Crippen molar-refractivity contribution in [3.63, 3.8) is 0 Å². The number of hydrogen-bond donors (Lipinski definition) is 0. The van der Waals surface area contributed by atoms with Gasteiger partial charge in [-0.15, -0.1) is 6.58 Å². The number of ether oxygens (including phenoxy) is 2. The molecule has 5 nitrogen and oxygen atoms in total. The predicted molar refractivity (Wildman–Crippen MR) is 125 cm³/mol. The summed E-state index contributed by atoms with van der Waals surface area (Å²) < 4.78 is 18.2. The highest BCUT2D eigenvalue weighted by Crippen LogP contribution is 2.61. The first-order valence-corrected chi connectivity index (χ1v) is 14.1. The van der Waals surface area contributed by atoms with Gasteiger partial charge < -0.3 is 13.9 Å². The molecule has 1 aromatic carbocycles. The summed E-state index contributed by atoms with van der Waals surface area (Å²) in [5, 5.41) is -0.129. The first-order chi connectivity index (χ1) is 14.4. The molecule has 6 heteroatoms. The highest BCUT2D eigenvalue weighted by molar-refractivity contribution is 6.74. The second-order valence-electron chi connectivity index (χ2n) is 9.81. The number of carbonyl (C=O) groups excluding carboxylic acids is 2. The number of esters is 2. The van der Waals surface area contributed by atoms with E-state index in [0.29, 0.717) is 6.42 Å². The maximum Gasteiger partial charge on any atom is 0.326 e. The lowest BCUT2D eigenvalue weighted by atomic mass is 9.70. The van der Waals surface area contributed by atoms with E-state index in [2.05, 4.69) is 40.4 Å². The molecule has 0 spiro atoms. The molecule has 2 rings (SSSR count). The number of benzene rings is 1. The van der Waals surface area contributed by atoms with Crippen molar-refractivity contribution in [2.24, 2.45) is 11.3 Å². The Labute approximate surface area is 188 Å². The molecule has 0 radical (unpaired) electrons. The Balaban J connectivity index is 2.89. The van der Waals surface area contributed by atoms with Crippen LogP contribution in [-0.2, 0) is 29.1 Å². The molecule has 1 fully saturated rings. The number of rotatable bonds is 8. The Morgan fingerprint density at radius 3 is 2.00 bits per heavy atom. The Morgan fingerprint density at radius 1 is 1.06 bits per heavy atom. The van der Waals surface area contributed by atoms with E-state index >= 15 is 0 Å². The van der Waals surface area contributed by atoms with Crippen molar-refractivity contribution in [1.82, 2.24) is 0 Å². The molecule has 2 atom stereocenters. The quantitative estimate of drug-likeness (QED) is 0.225. The normalized spacial score (nSPS) is 23.3. The van der Waals surface area contributed by atoms with Crippen LogP contribution in [0.25, 0.3) is 0 Å². The first kappa shape index (κ1) is 25.3. The van der Waals surface area contributed by atoms with Gasteiger partial charge in [-0.3, -0.25) is 9.59 Å². The molecule has 0 aliphatic heterocycles. The van der Waals surface area contributed by atoms with Gasteiger partial charge in [-0.2, -0.15) is 0 Å². The van der Waals surface area contributed by atoms with Crippen LogP contribution >= 0.6 is 0 Å². The highest BCUT2D eigenvalue weighted by atomic mass is 28.4. The summed E-state index contributed by atoms with van der Waals surface area (Å²) in [6.45, 7) is 18.5. The minimum absolute atomic E-state index is 0.0983. The van der Waals surface area contributed by atoms with Gasteiger partial charge in [0.15, 0.2) is 13.7 Å². The summed E-state index contributed by atoms with van der Waals surface area (Å²) in [5.41, 5.74) is -2.01. The topological polar surface area (TPSA) is 61.8 Å². The molecule has 0 bridgehead atoms. The third-order valence-corrected chi connectivity index (χ3v) is 11.3. The number of carbonyl (C=O) groups is 2. The van der Waals surface area contributed by atoms with E-state index in [1.165, 1.54) is 0 Å². The van der Waals surface area contributed by atoms with Crippen molar-refractivity contribution in [3.8, 4) is 0 Å². The van der Waals surface area contributed by atoms with E-state index in [4.69, 9.17) is 13.9 Å². The van der Waals surface area contributed by atoms with Crippen LogP contribution in [0.5, 0.6) is 0 Å². The van der Waals surface area contributed by atoms with Crippen LogP contribution in [0.2, 0.25) is 18.1 Å². The predicted octanol–water partition coefficient (Wildman–Crippen LogP) is 5.61. The Hall–Kier alpha value is -1.92. The van der Waals surface area contributed by atoms with E-state index in [-0.39, 0.29) is 30.6 Å². The average Bonchev–Trinajstić information content (AvgIpc) is 3.04. The molecular formula is C25H38O5Si. The van der Waals surface area contributed by atoms with Gasteiger partial charge in [-0.05, 0) is 56.3 Å². The Kier molecular flexibility index (Phi) is 7.59. The van der Waals surface area contributed by atoms with Gasteiger partial charge in [0.25, 0.3) is 0 Å². The van der Waals surface area contributed by atoms with Crippen LogP contribution in [0.4, 0.5) is 0 Å². The molecule has 1 saturated carbocycles. The lowest BCUT2D eigenvalue weighted by Gasteiger charge is -2.49. The summed E-state index contributed by atoms with van der Waals surface area (Å²) in [4.78, 5) is 27.3. The molecule has 0 N–H and O–H groups in total. The van der Waals surface area contributed by atoms with Gasteiger partial charge in [0.2, 0.25) is 0 Å². The van der Waals surface area contributed by atoms with Crippen molar-refractivity contribution in [1.29, 1.82) is 0 Å². The maximum absolute atomic E-state index is 13.6. The standard InChI is InChI=1S/C25H38O5Si/c1-9-19-17-24(21(26)28-10-2,22(27)29-11-3)25(18-19,20-15-13-12-14-16-20)30-31(7,8)23(4,5)6/h9,12-16,19H,1,10-11,17-18H2,2-8H3/t19-,25-/m1/s1. The van der Waals surface area contributed by atoms with Crippen molar-refractivity contribution in [2.75, 3.05) is 13.2 Å². The van der Waals surface area contributed by atoms with E-state index in [0.717, 1.165) is 5.56 Å². The largest absolute Gasteiger partial charge is 0.465 e. The van der Waals surface area contributed by atoms with Crippen LogP contribution in [0.1, 0.15) is 53.0 Å². The van der Waals surface area contributed by atoms with Crippen molar-refractivity contribution in [3.05, 3.63) is 48.6 Å². The van der Waals surface area contributed by atoms with Crippen molar-refractivity contribution >= 4 is 20.3 Å². The van der Waals surface area contributed by atoms with Crippen molar-refractivity contribution < 1.29 is 23.5 Å². The first-order valence-electron chi connectivity index (χ1n) is 11.1. The minimum Gasteiger partial charge on any atom is -0.465 e. The van der Waals surface area contributed by atoms with E-state index in [1.807, 2.05) is 36.4 Å². The average molecular weight is 447 g/mol. The van der Waals surface area contributed by atoms with Crippen LogP contribution in [-0.4, -0.2) is 33.5 Å². The monoisotopic (exact) mass is 446 g/mol. The Bertz CT molecular complexity index is 778. The highest BCUT2D eigenvalue weighted by Gasteiger charge is 2.71. The number of allylic oxidation sites excluding steroid dienone is 1. The fourth-order valence-corrected chi connectivity index (χ4v) is 5.83. The second-order valence-corrected chi connectivity index (χ2v) is 14.5. The third-order valence-electron chi connectivity index (χ3n) is 6.86. The van der Waals surface area contributed by atoms with E-state index in [1.54, 1.807) is 13.8 Å². The molecule has 0 aromatic heterocycles. The van der Waals surface area contributed by atoms with Gasteiger partial charge in [-0.25, -0.2) is 0 Å². The van der Waals surface area contributed by atoms with Gasteiger partial charge in [0.05, 0.1) is 13.2 Å². The lowest BCUT2D eigenvalue weighted by Crippen LogP contribution is -2.60. The third kappa shape index (κ3) is 4.37. The maximum atomic E-state index is 13.6. The second kappa shape index (κ2) is 9.29. The molecule has 172 valence electrons. The fraction of sp³-hybridized carbons (Fsp3) is 0.600. The molecule has 1 aromatic rings. The van der Waals surface area contributed by atoms with Crippen LogP contribution in [0.3, 0.4) is 0 Å². The molecule has 0 amide bonds. The number of hydrogen-bond acceptors (Lipinski definition) is 5. The molecule has 0 heterocycles.